The molecule has 0 fully saturated rings. The van der Waals surface area contributed by atoms with Crippen LogP contribution in [0.4, 0.5) is 0 Å². The quantitative estimate of drug-likeness (QED) is 0.507. The molecule has 1 rings (SSSR count). The molecule has 0 aliphatic rings. The summed E-state index contributed by atoms with van der Waals surface area (Å²) in [4.78, 5) is 12.2. The van der Waals surface area contributed by atoms with Crippen LogP contribution in [0.25, 0.3) is 0 Å². The molecule has 0 atom stereocenters. The number of benzene rings is 1. The van der Waals surface area contributed by atoms with Gasteiger partial charge in [0.05, 0.1) is 14.2 Å². The number of nitrogens with one attached hydrogen (secondary N) is 2. The van der Waals surface area contributed by atoms with Crippen LogP contribution in [-0.4, -0.2) is 39.8 Å². The van der Waals surface area contributed by atoms with Gasteiger partial charge < -0.3 is 20.1 Å². The second-order valence-corrected chi connectivity index (χ2v) is 4.87. The number of ether oxygens (including phenoxy) is 2. The van der Waals surface area contributed by atoms with E-state index in [9.17, 15) is 4.79 Å². The second kappa shape index (κ2) is 11.8. The minimum absolute atomic E-state index is 0. The molecule has 130 valence electrons. The maximum absolute atomic E-state index is 12.2. The Labute approximate surface area is 144 Å². The number of carbonyl (C=O) groups excluding carboxylic acids is 1. The Kier molecular flexibility index (Phi) is 10.9. The molecule has 23 heavy (non-hydrogen) atoms. The minimum Gasteiger partial charge on any atom is -0.493 e. The third-order valence-electron chi connectivity index (χ3n) is 3.20. The van der Waals surface area contributed by atoms with Crippen molar-refractivity contribution in [3.8, 4) is 11.5 Å². The predicted octanol–water partition coefficient (Wildman–Crippen LogP) is 2.58. The number of hydrogen-bond donors (Lipinski definition) is 2. The van der Waals surface area contributed by atoms with Crippen LogP contribution >= 0.6 is 12.4 Å². The number of allylic oxidation sites excluding steroid dienone is 1. The molecule has 1 amide bonds. The average molecular weight is 343 g/mol. The number of halogens is 1. The van der Waals surface area contributed by atoms with E-state index in [1.54, 1.807) is 26.4 Å². The van der Waals surface area contributed by atoms with Gasteiger partial charge in [0.15, 0.2) is 11.5 Å². The molecule has 0 spiro atoms. The fourth-order valence-corrected chi connectivity index (χ4v) is 2.15. The van der Waals surface area contributed by atoms with Crippen molar-refractivity contribution in [3.05, 3.63) is 35.9 Å². The highest BCUT2D eigenvalue weighted by Crippen LogP contribution is 2.33. The maximum Gasteiger partial charge on any atom is 0.251 e. The van der Waals surface area contributed by atoms with E-state index in [0.29, 0.717) is 30.0 Å². The van der Waals surface area contributed by atoms with Crippen molar-refractivity contribution in [2.45, 2.75) is 19.8 Å². The molecule has 0 aliphatic heterocycles. The van der Waals surface area contributed by atoms with E-state index in [1.807, 2.05) is 6.07 Å². The normalized spacial score (nSPS) is 9.70. The summed E-state index contributed by atoms with van der Waals surface area (Å²) in [5.74, 6) is 1.07. The molecule has 0 aliphatic carbocycles. The van der Waals surface area contributed by atoms with Crippen LogP contribution in [0.15, 0.2) is 24.8 Å². The molecule has 0 heterocycles. The van der Waals surface area contributed by atoms with E-state index < -0.39 is 0 Å². The van der Waals surface area contributed by atoms with Crippen molar-refractivity contribution in [1.29, 1.82) is 0 Å². The molecule has 0 unspecified atom stereocenters. The summed E-state index contributed by atoms with van der Waals surface area (Å²) in [5, 5.41) is 6.13. The smallest absolute Gasteiger partial charge is 0.251 e. The van der Waals surface area contributed by atoms with E-state index in [2.05, 4.69) is 24.1 Å². The summed E-state index contributed by atoms with van der Waals surface area (Å²) >= 11 is 0. The Morgan fingerprint density at radius 2 is 1.96 bits per heavy atom. The number of methoxy groups -OCH3 is 2. The van der Waals surface area contributed by atoms with E-state index in [4.69, 9.17) is 9.47 Å². The highest BCUT2D eigenvalue weighted by atomic mass is 35.5. The van der Waals surface area contributed by atoms with Gasteiger partial charge in [0.1, 0.15) is 0 Å². The van der Waals surface area contributed by atoms with E-state index in [-0.39, 0.29) is 18.3 Å². The first-order valence-corrected chi connectivity index (χ1v) is 7.52. The van der Waals surface area contributed by atoms with E-state index in [0.717, 1.165) is 25.1 Å². The van der Waals surface area contributed by atoms with Gasteiger partial charge in [0, 0.05) is 24.2 Å². The Balaban J connectivity index is 0.00000484. The molecule has 0 bridgehead atoms. The van der Waals surface area contributed by atoms with Gasteiger partial charge in [-0.25, -0.2) is 0 Å². The van der Waals surface area contributed by atoms with Crippen LogP contribution in [0.5, 0.6) is 11.5 Å². The summed E-state index contributed by atoms with van der Waals surface area (Å²) < 4.78 is 10.7. The molecule has 0 saturated carbocycles. The molecule has 2 N–H and O–H groups in total. The third kappa shape index (κ3) is 6.50. The lowest BCUT2D eigenvalue weighted by Gasteiger charge is -2.14. The SMILES string of the molecule is C=CCc1cc(C(=O)NCCNCCC)cc(OC)c1OC.Cl. The highest BCUT2D eigenvalue weighted by Gasteiger charge is 2.15. The van der Waals surface area contributed by atoms with Crippen LogP contribution in [0.3, 0.4) is 0 Å². The van der Waals surface area contributed by atoms with Crippen LogP contribution < -0.4 is 20.1 Å². The lowest BCUT2D eigenvalue weighted by atomic mass is 10.0. The molecular weight excluding hydrogens is 316 g/mol. The van der Waals surface area contributed by atoms with Gasteiger partial charge in [-0.2, -0.15) is 0 Å². The van der Waals surface area contributed by atoms with Gasteiger partial charge in [-0.3, -0.25) is 4.79 Å². The van der Waals surface area contributed by atoms with Crippen molar-refractivity contribution in [2.24, 2.45) is 0 Å². The minimum atomic E-state index is -0.121. The Bertz CT molecular complexity index is 507. The topological polar surface area (TPSA) is 59.6 Å². The average Bonchev–Trinajstić information content (AvgIpc) is 2.53. The number of rotatable bonds is 10. The molecule has 0 radical (unpaired) electrons. The number of carbonyl (C=O) groups is 1. The fourth-order valence-electron chi connectivity index (χ4n) is 2.15. The molecule has 5 nitrogen and oxygen atoms in total. The number of hydrogen-bond acceptors (Lipinski definition) is 4. The molecular formula is C17H27ClN2O3. The van der Waals surface area contributed by atoms with Crippen molar-refractivity contribution >= 4 is 18.3 Å². The summed E-state index contributed by atoms with van der Waals surface area (Å²) in [5.41, 5.74) is 1.44. The molecule has 1 aromatic carbocycles. The summed E-state index contributed by atoms with van der Waals surface area (Å²) in [6.45, 7) is 8.14. The van der Waals surface area contributed by atoms with Crippen LogP contribution in [0.1, 0.15) is 29.3 Å². The summed E-state index contributed by atoms with van der Waals surface area (Å²) in [7, 11) is 3.15. The van der Waals surface area contributed by atoms with Gasteiger partial charge in [-0.15, -0.1) is 19.0 Å². The Morgan fingerprint density at radius 1 is 1.22 bits per heavy atom. The zero-order valence-electron chi connectivity index (χ0n) is 14.1. The van der Waals surface area contributed by atoms with Gasteiger partial charge in [-0.05, 0) is 31.5 Å². The first-order chi connectivity index (χ1) is 10.7. The van der Waals surface area contributed by atoms with Crippen molar-refractivity contribution in [2.75, 3.05) is 33.9 Å². The van der Waals surface area contributed by atoms with Gasteiger partial charge >= 0.3 is 0 Å². The largest absolute Gasteiger partial charge is 0.493 e. The first-order valence-electron chi connectivity index (χ1n) is 7.52. The molecule has 6 heteroatoms. The van der Waals surface area contributed by atoms with Crippen molar-refractivity contribution < 1.29 is 14.3 Å². The molecule has 0 aromatic heterocycles. The van der Waals surface area contributed by atoms with Gasteiger partial charge in [-0.1, -0.05) is 13.0 Å². The number of amides is 1. The van der Waals surface area contributed by atoms with E-state index in [1.165, 1.54) is 0 Å². The van der Waals surface area contributed by atoms with Crippen molar-refractivity contribution in [1.82, 2.24) is 10.6 Å². The van der Waals surface area contributed by atoms with Crippen LogP contribution in [-0.2, 0) is 6.42 Å². The second-order valence-electron chi connectivity index (χ2n) is 4.87. The zero-order valence-corrected chi connectivity index (χ0v) is 14.9. The first kappa shape index (κ1) is 21.3. The van der Waals surface area contributed by atoms with Crippen LogP contribution in [0.2, 0.25) is 0 Å². The van der Waals surface area contributed by atoms with Gasteiger partial charge in [0.2, 0.25) is 0 Å². The predicted molar refractivity (Wildman–Crippen MR) is 96.2 cm³/mol. The third-order valence-corrected chi connectivity index (χ3v) is 3.20. The standard InChI is InChI=1S/C17H26N2O3.ClH/c1-5-7-13-11-14(12-15(21-3)16(13)22-4)17(20)19-10-9-18-8-6-2;/h5,11-12,18H,1,6-10H2,2-4H3,(H,19,20);1H. The highest BCUT2D eigenvalue weighted by molar-refractivity contribution is 5.95. The molecule has 0 saturated heterocycles. The van der Waals surface area contributed by atoms with Crippen molar-refractivity contribution in [3.63, 3.8) is 0 Å². The Morgan fingerprint density at radius 3 is 2.52 bits per heavy atom. The monoisotopic (exact) mass is 342 g/mol. The summed E-state index contributed by atoms with van der Waals surface area (Å²) in [6, 6.07) is 3.51. The van der Waals surface area contributed by atoms with Crippen LogP contribution in [0, 0.1) is 0 Å². The molecule has 1 aromatic rings. The lowest BCUT2D eigenvalue weighted by molar-refractivity contribution is 0.0953. The lowest BCUT2D eigenvalue weighted by Crippen LogP contribution is -2.32. The van der Waals surface area contributed by atoms with Gasteiger partial charge in [0.25, 0.3) is 5.91 Å². The van der Waals surface area contributed by atoms with E-state index >= 15 is 0 Å². The zero-order chi connectivity index (χ0) is 16.4. The fraction of sp³-hybridized carbons (Fsp3) is 0.471. The maximum atomic E-state index is 12.2. The summed E-state index contributed by atoms with van der Waals surface area (Å²) in [6.07, 6.45) is 3.46. The Hall–Kier alpha value is -1.72.